The Balaban J connectivity index is 5.35. The van der Waals surface area contributed by atoms with Crippen molar-refractivity contribution in [3.63, 3.8) is 0 Å². The predicted octanol–water partition coefficient (Wildman–Crippen LogP) is 4.15. The van der Waals surface area contributed by atoms with Gasteiger partial charge in [0.1, 0.15) is 5.60 Å². The van der Waals surface area contributed by atoms with Crippen LogP contribution in [0.15, 0.2) is 11.3 Å². The van der Waals surface area contributed by atoms with Crippen LogP contribution < -0.4 is 0 Å². The van der Waals surface area contributed by atoms with E-state index in [2.05, 4.69) is 6.92 Å². The maximum absolute atomic E-state index is 11.5. The normalized spacial score (nSPS) is 14.1. The molecule has 0 aliphatic carbocycles. The summed E-state index contributed by atoms with van der Waals surface area (Å²) in [6.07, 6.45) is 4.38. The van der Waals surface area contributed by atoms with E-state index in [0.29, 0.717) is 6.42 Å². The second-order valence-corrected chi connectivity index (χ2v) is 6.32. The lowest BCUT2D eigenvalue weighted by atomic mass is 9.91. The molecule has 0 aromatic heterocycles. The van der Waals surface area contributed by atoms with Gasteiger partial charge in [-0.15, -0.1) is 0 Å². The minimum Gasteiger partial charge on any atom is -0.478 e. The molecule has 0 saturated heterocycles. The van der Waals surface area contributed by atoms with Gasteiger partial charge in [-0.1, -0.05) is 46.5 Å². The first kappa shape index (κ1) is 21.4. The minimum absolute atomic E-state index is 0.109. The van der Waals surface area contributed by atoms with Gasteiger partial charge in [-0.25, -0.2) is 9.59 Å². The molecule has 1 atom stereocenters. The first-order valence-electron chi connectivity index (χ1n) is 8.23. The van der Waals surface area contributed by atoms with Crippen molar-refractivity contribution in [1.82, 2.24) is 0 Å². The molecule has 23 heavy (non-hydrogen) atoms. The molecule has 0 aliphatic heterocycles. The number of carboxylic acids is 2. The summed E-state index contributed by atoms with van der Waals surface area (Å²) in [5.74, 6) is -3.23. The summed E-state index contributed by atoms with van der Waals surface area (Å²) in [6.45, 7) is 9.38. The van der Waals surface area contributed by atoms with Crippen LogP contribution >= 0.6 is 0 Å². The molecular formula is C17H30O6. The summed E-state index contributed by atoms with van der Waals surface area (Å²) in [5.41, 5.74) is -0.941. The van der Waals surface area contributed by atoms with E-state index < -0.39 is 23.3 Å². The number of carbonyl (C=O) groups is 2. The van der Waals surface area contributed by atoms with Crippen LogP contribution in [0.1, 0.15) is 73.1 Å². The molecule has 0 fully saturated rings. The Hall–Kier alpha value is -1.56. The van der Waals surface area contributed by atoms with E-state index in [0.717, 1.165) is 25.7 Å². The predicted molar refractivity (Wildman–Crippen MR) is 86.8 cm³/mol. The Morgan fingerprint density at radius 1 is 1.09 bits per heavy atom. The lowest BCUT2D eigenvalue weighted by Crippen LogP contribution is -2.26. The molecule has 1 unspecified atom stereocenters. The molecule has 0 amide bonds. The quantitative estimate of drug-likeness (QED) is 0.242. The van der Waals surface area contributed by atoms with E-state index in [1.807, 2.05) is 13.8 Å². The molecule has 6 nitrogen and oxygen atoms in total. The van der Waals surface area contributed by atoms with Gasteiger partial charge < -0.3 is 15.1 Å². The highest BCUT2D eigenvalue weighted by atomic mass is 17.2. The van der Waals surface area contributed by atoms with E-state index >= 15 is 0 Å². The van der Waals surface area contributed by atoms with Crippen LogP contribution in [0.5, 0.6) is 0 Å². The van der Waals surface area contributed by atoms with E-state index in [4.69, 9.17) is 9.78 Å². The SMILES string of the molecule is CCCCC(CC)CC(C(=O)O)=C(OOC(C)(C)CC)C(=O)O. The monoisotopic (exact) mass is 330 g/mol. The summed E-state index contributed by atoms with van der Waals surface area (Å²) in [5, 5.41) is 18.7. The van der Waals surface area contributed by atoms with Crippen LogP contribution in [-0.2, 0) is 19.4 Å². The highest BCUT2D eigenvalue weighted by Crippen LogP contribution is 2.25. The largest absolute Gasteiger partial charge is 0.478 e. The fraction of sp³-hybridized carbons (Fsp3) is 0.765. The number of unbranched alkanes of at least 4 members (excludes halogenated alkanes) is 1. The van der Waals surface area contributed by atoms with Crippen molar-refractivity contribution in [2.24, 2.45) is 5.92 Å². The lowest BCUT2D eigenvalue weighted by molar-refractivity contribution is -0.326. The van der Waals surface area contributed by atoms with Gasteiger partial charge >= 0.3 is 11.9 Å². The van der Waals surface area contributed by atoms with Gasteiger partial charge in [0, 0.05) is 0 Å². The third-order valence-corrected chi connectivity index (χ3v) is 3.96. The Morgan fingerprint density at radius 2 is 1.70 bits per heavy atom. The fourth-order valence-electron chi connectivity index (χ4n) is 1.94. The summed E-state index contributed by atoms with van der Waals surface area (Å²) in [6, 6.07) is 0. The average Bonchev–Trinajstić information content (AvgIpc) is 2.48. The zero-order valence-corrected chi connectivity index (χ0v) is 14.8. The van der Waals surface area contributed by atoms with Crippen LogP contribution in [0, 0.1) is 5.92 Å². The van der Waals surface area contributed by atoms with Crippen LogP contribution in [0.3, 0.4) is 0 Å². The Bertz CT molecular complexity index is 425. The average molecular weight is 330 g/mol. The molecule has 2 N–H and O–H groups in total. The number of hydrogen-bond donors (Lipinski definition) is 2. The van der Waals surface area contributed by atoms with Crippen LogP contribution in [0.4, 0.5) is 0 Å². The molecule has 0 aromatic carbocycles. The number of carboxylic acid groups (broad SMARTS) is 2. The lowest BCUT2D eigenvalue weighted by Gasteiger charge is -2.22. The second kappa shape index (κ2) is 10.3. The highest BCUT2D eigenvalue weighted by Gasteiger charge is 2.28. The zero-order chi connectivity index (χ0) is 18.0. The van der Waals surface area contributed by atoms with Crippen molar-refractivity contribution < 1.29 is 29.6 Å². The summed E-state index contributed by atoms with van der Waals surface area (Å²) in [4.78, 5) is 33.0. The van der Waals surface area contributed by atoms with Gasteiger partial charge in [0.05, 0.1) is 5.57 Å². The summed E-state index contributed by atoms with van der Waals surface area (Å²) in [7, 11) is 0. The molecule has 0 aliphatic rings. The van der Waals surface area contributed by atoms with E-state index in [-0.39, 0.29) is 17.9 Å². The molecule has 134 valence electrons. The molecule has 0 saturated carbocycles. The Labute approximate surface area is 138 Å². The van der Waals surface area contributed by atoms with Crippen LogP contribution in [-0.4, -0.2) is 27.8 Å². The molecule has 0 bridgehead atoms. The van der Waals surface area contributed by atoms with Crippen molar-refractivity contribution in [2.45, 2.75) is 78.7 Å². The maximum Gasteiger partial charge on any atom is 0.375 e. The minimum atomic E-state index is -1.43. The van der Waals surface area contributed by atoms with Crippen LogP contribution in [0.2, 0.25) is 0 Å². The van der Waals surface area contributed by atoms with Gasteiger partial charge in [-0.3, -0.25) is 0 Å². The van der Waals surface area contributed by atoms with Gasteiger partial charge in [0.15, 0.2) is 0 Å². The summed E-state index contributed by atoms with van der Waals surface area (Å²) < 4.78 is 0. The van der Waals surface area contributed by atoms with Gasteiger partial charge in [-0.2, -0.15) is 4.89 Å². The first-order valence-corrected chi connectivity index (χ1v) is 8.23. The molecular weight excluding hydrogens is 300 g/mol. The van der Waals surface area contributed by atoms with Crippen LogP contribution in [0.25, 0.3) is 0 Å². The molecule has 6 heteroatoms. The summed E-state index contributed by atoms with van der Waals surface area (Å²) >= 11 is 0. The van der Waals surface area contributed by atoms with E-state index in [9.17, 15) is 19.8 Å². The Morgan fingerprint density at radius 3 is 2.09 bits per heavy atom. The maximum atomic E-state index is 11.5. The highest BCUT2D eigenvalue weighted by molar-refractivity contribution is 5.97. The van der Waals surface area contributed by atoms with Gasteiger partial charge in [-0.05, 0) is 32.6 Å². The number of rotatable bonds is 12. The van der Waals surface area contributed by atoms with E-state index in [1.165, 1.54) is 0 Å². The molecule has 0 heterocycles. The smallest absolute Gasteiger partial charge is 0.375 e. The molecule has 0 radical (unpaired) electrons. The third-order valence-electron chi connectivity index (χ3n) is 3.96. The van der Waals surface area contributed by atoms with Gasteiger partial charge in [0.2, 0.25) is 0 Å². The number of aliphatic carboxylic acids is 2. The third kappa shape index (κ3) is 8.02. The fourth-order valence-corrected chi connectivity index (χ4v) is 1.94. The topological polar surface area (TPSA) is 93.1 Å². The Kier molecular flexibility index (Phi) is 9.56. The standard InChI is InChI=1S/C17H30O6/c1-6-9-10-12(7-2)11-13(15(18)19)14(16(20)21)22-23-17(4,5)8-3/h12H,6-11H2,1-5H3,(H,18,19)(H,20,21). The van der Waals surface area contributed by atoms with Crippen molar-refractivity contribution in [2.75, 3.05) is 0 Å². The van der Waals surface area contributed by atoms with E-state index in [1.54, 1.807) is 13.8 Å². The number of hydrogen-bond acceptors (Lipinski definition) is 4. The molecule has 0 spiro atoms. The van der Waals surface area contributed by atoms with Crippen molar-refractivity contribution in [3.05, 3.63) is 11.3 Å². The first-order chi connectivity index (χ1) is 10.7. The van der Waals surface area contributed by atoms with Crippen molar-refractivity contribution in [1.29, 1.82) is 0 Å². The molecule has 0 rings (SSSR count). The van der Waals surface area contributed by atoms with Gasteiger partial charge in [0.25, 0.3) is 5.76 Å². The zero-order valence-electron chi connectivity index (χ0n) is 14.8. The van der Waals surface area contributed by atoms with Crippen molar-refractivity contribution >= 4 is 11.9 Å². The van der Waals surface area contributed by atoms with Crippen molar-refractivity contribution in [3.8, 4) is 0 Å². The molecule has 0 aromatic rings. The second-order valence-electron chi connectivity index (χ2n) is 6.32.